The van der Waals surface area contributed by atoms with E-state index in [0.29, 0.717) is 11.3 Å². The predicted molar refractivity (Wildman–Crippen MR) is 88.1 cm³/mol. The Morgan fingerprint density at radius 2 is 2.00 bits per heavy atom. The molecule has 0 aliphatic carbocycles. The molecule has 0 spiro atoms. The first-order chi connectivity index (χ1) is 9.58. The predicted octanol–water partition coefficient (Wildman–Crippen LogP) is 3.64. The van der Waals surface area contributed by atoms with E-state index in [-0.39, 0.29) is 5.91 Å². The van der Waals surface area contributed by atoms with Crippen LogP contribution in [0.1, 0.15) is 21.4 Å². The molecule has 2 rings (SSSR count). The quantitative estimate of drug-likeness (QED) is 0.589. The standard InChI is InChI=1S/C13H11Br2N3OS/c14-9-6-10(15)11(17-7-9)12(16)20-18-13(19)8-4-2-1-3-5-8/h1-7,12H,16H2,(H,18,19). The summed E-state index contributed by atoms with van der Waals surface area (Å²) < 4.78 is 4.37. The highest BCUT2D eigenvalue weighted by atomic mass is 79.9. The van der Waals surface area contributed by atoms with E-state index >= 15 is 0 Å². The molecule has 1 aromatic heterocycles. The summed E-state index contributed by atoms with van der Waals surface area (Å²) >= 11 is 7.85. The Kier molecular flexibility index (Phi) is 5.59. The Bertz CT molecular complexity index is 610. The lowest BCUT2D eigenvalue weighted by Gasteiger charge is -2.13. The zero-order valence-electron chi connectivity index (χ0n) is 10.2. The minimum Gasteiger partial charge on any atom is -0.313 e. The van der Waals surface area contributed by atoms with Crippen LogP contribution in [0.2, 0.25) is 0 Å². The van der Waals surface area contributed by atoms with Crippen molar-refractivity contribution in [3.63, 3.8) is 0 Å². The number of carbonyl (C=O) groups is 1. The maximum atomic E-state index is 11.9. The van der Waals surface area contributed by atoms with Crippen molar-refractivity contribution < 1.29 is 4.79 Å². The number of benzene rings is 1. The van der Waals surface area contributed by atoms with E-state index in [9.17, 15) is 4.79 Å². The molecule has 1 atom stereocenters. The molecule has 0 radical (unpaired) electrons. The highest BCUT2D eigenvalue weighted by Crippen LogP contribution is 2.28. The molecule has 7 heteroatoms. The van der Waals surface area contributed by atoms with Crippen LogP contribution >= 0.6 is 43.8 Å². The van der Waals surface area contributed by atoms with Crippen molar-refractivity contribution in [2.24, 2.45) is 5.73 Å². The summed E-state index contributed by atoms with van der Waals surface area (Å²) in [7, 11) is 0. The number of nitrogens with zero attached hydrogens (tertiary/aromatic N) is 1. The number of hydrogen-bond donors (Lipinski definition) is 2. The van der Waals surface area contributed by atoms with Gasteiger partial charge in [0.05, 0.1) is 5.69 Å². The largest absolute Gasteiger partial charge is 0.313 e. The molecule has 3 N–H and O–H groups in total. The van der Waals surface area contributed by atoms with Gasteiger partial charge in [-0.05, 0) is 62.0 Å². The molecule has 0 aliphatic heterocycles. The molecule has 0 fully saturated rings. The molecule has 104 valence electrons. The van der Waals surface area contributed by atoms with E-state index in [1.807, 2.05) is 24.3 Å². The van der Waals surface area contributed by atoms with E-state index < -0.39 is 5.37 Å². The lowest BCUT2D eigenvalue weighted by molar-refractivity contribution is 0.0984. The average molecular weight is 417 g/mol. The number of carbonyl (C=O) groups excluding carboxylic acids is 1. The molecule has 20 heavy (non-hydrogen) atoms. The SMILES string of the molecule is NC(SNC(=O)c1ccccc1)c1ncc(Br)cc1Br. The van der Waals surface area contributed by atoms with Crippen molar-refractivity contribution in [2.75, 3.05) is 0 Å². The number of aromatic nitrogens is 1. The summed E-state index contributed by atoms with van der Waals surface area (Å²) in [4.78, 5) is 16.1. The topological polar surface area (TPSA) is 68.0 Å². The molecule has 0 bridgehead atoms. The molecule has 1 heterocycles. The second-order valence-corrected chi connectivity index (χ2v) is 6.57. The first kappa shape index (κ1) is 15.5. The normalized spacial score (nSPS) is 11.9. The Hall–Kier alpha value is -0.890. The Labute approximate surface area is 137 Å². The minimum atomic E-state index is -0.454. The van der Waals surface area contributed by atoms with Crippen LogP contribution in [0.25, 0.3) is 0 Å². The summed E-state index contributed by atoms with van der Waals surface area (Å²) in [6, 6.07) is 10.8. The van der Waals surface area contributed by atoms with Gasteiger partial charge in [-0.25, -0.2) is 0 Å². The number of halogens is 2. The number of nitrogens with one attached hydrogen (secondary N) is 1. The van der Waals surface area contributed by atoms with Crippen LogP contribution in [0.5, 0.6) is 0 Å². The summed E-state index contributed by atoms with van der Waals surface area (Å²) in [5.41, 5.74) is 7.28. The number of amides is 1. The van der Waals surface area contributed by atoms with E-state index in [1.165, 1.54) is 0 Å². The van der Waals surface area contributed by atoms with Gasteiger partial charge in [0.1, 0.15) is 5.37 Å². The molecular formula is C13H11Br2N3OS. The van der Waals surface area contributed by atoms with Gasteiger partial charge in [-0.3, -0.25) is 14.5 Å². The van der Waals surface area contributed by atoms with Gasteiger partial charge in [0, 0.05) is 20.7 Å². The second kappa shape index (κ2) is 7.21. The zero-order valence-corrected chi connectivity index (χ0v) is 14.2. The molecule has 2 aromatic rings. The molecular weight excluding hydrogens is 406 g/mol. The average Bonchev–Trinajstić information content (AvgIpc) is 2.45. The first-order valence-corrected chi connectivity index (χ1v) is 8.12. The summed E-state index contributed by atoms with van der Waals surface area (Å²) in [5.74, 6) is -0.181. The van der Waals surface area contributed by atoms with Gasteiger partial charge in [0.25, 0.3) is 5.91 Å². The van der Waals surface area contributed by atoms with Gasteiger partial charge in [-0.2, -0.15) is 0 Å². The van der Waals surface area contributed by atoms with Crippen molar-refractivity contribution in [2.45, 2.75) is 5.37 Å². The van der Waals surface area contributed by atoms with Crippen LogP contribution in [-0.4, -0.2) is 10.9 Å². The molecule has 1 amide bonds. The van der Waals surface area contributed by atoms with Crippen LogP contribution in [0, 0.1) is 0 Å². The molecule has 1 aromatic carbocycles. The molecule has 0 saturated heterocycles. The minimum absolute atomic E-state index is 0.181. The van der Waals surface area contributed by atoms with Crippen molar-refractivity contribution in [3.05, 3.63) is 62.8 Å². The third-order valence-electron chi connectivity index (χ3n) is 2.42. The molecule has 4 nitrogen and oxygen atoms in total. The lowest BCUT2D eigenvalue weighted by Crippen LogP contribution is -2.21. The number of rotatable bonds is 4. The fourth-order valence-electron chi connectivity index (χ4n) is 1.46. The van der Waals surface area contributed by atoms with Gasteiger partial charge in [-0.15, -0.1) is 0 Å². The van der Waals surface area contributed by atoms with E-state index in [1.54, 1.807) is 18.3 Å². The van der Waals surface area contributed by atoms with Gasteiger partial charge in [0.2, 0.25) is 0 Å². The van der Waals surface area contributed by atoms with Crippen LogP contribution in [-0.2, 0) is 0 Å². The van der Waals surface area contributed by atoms with Gasteiger partial charge in [0.15, 0.2) is 0 Å². The summed E-state index contributed by atoms with van der Waals surface area (Å²) in [6.45, 7) is 0. The lowest BCUT2D eigenvalue weighted by atomic mass is 10.2. The maximum absolute atomic E-state index is 11.9. The van der Waals surface area contributed by atoms with Gasteiger partial charge in [-0.1, -0.05) is 18.2 Å². The fraction of sp³-hybridized carbons (Fsp3) is 0.0769. The third kappa shape index (κ3) is 4.05. The van der Waals surface area contributed by atoms with Crippen molar-refractivity contribution in [3.8, 4) is 0 Å². The Morgan fingerprint density at radius 1 is 1.30 bits per heavy atom. The smallest absolute Gasteiger partial charge is 0.261 e. The number of hydrogen-bond acceptors (Lipinski definition) is 4. The van der Waals surface area contributed by atoms with Gasteiger partial charge < -0.3 is 5.73 Å². The summed E-state index contributed by atoms with van der Waals surface area (Å²) in [5, 5.41) is -0.454. The summed E-state index contributed by atoms with van der Waals surface area (Å²) in [6.07, 6.45) is 1.67. The monoisotopic (exact) mass is 415 g/mol. The molecule has 1 unspecified atom stereocenters. The third-order valence-corrected chi connectivity index (χ3v) is 4.27. The highest BCUT2D eigenvalue weighted by Gasteiger charge is 2.14. The molecule has 0 saturated carbocycles. The van der Waals surface area contributed by atoms with Crippen LogP contribution in [0.15, 0.2) is 51.5 Å². The zero-order chi connectivity index (χ0) is 14.5. The van der Waals surface area contributed by atoms with Crippen LogP contribution < -0.4 is 10.5 Å². The fourth-order valence-corrected chi connectivity index (χ4v) is 3.49. The second-order valence-electron chi connectivity index (χ2n) is 3.86. The number of pyridine rings is 1. The number of nitrogens with two attached hydrogens (primary N) is 1. The van der Waals surface area contributed by atoms with E-state index in [2.05, 4.69) is 41.6 Å². The van der Waals surface area contributed by atoms with E-state index in [0.717, 1.165) is 20.9 Å². The van der Waals surface area contributed by atoms with E-state index in [4.69, 9.17) is 5.73 Å². The maximum Gasteiger partial charge on any atom is 0.261 e. The highest BCUT2D eigenvalue weighted by molar-refractivity contribution is 9.11. The molecule has 0 aliphatic rings. The van der Waals surface area contributed by atoms with Gasteiger partial charge >= 0.3 is 0 Å². The van der Waals surface area contributed by atoms with Crippen molar-refractivity contribution in [1.82, 2.24) is 9.71 Å². The first-order valence-electron chi connectivity index (χ1n) is 5.65. The van der Waals surface area contributed by atoms with Crippen LogP contribution in [0.4, 0.5) is 0 Å². The Morgan fingerprint density at radius 3 is 2.65 bits per heavy atom. The Balaban J connectivity index is 1.98. The van der Waals surface area contributed by atoms with Crippen molar-refractivity contribution >= 4 is 49.7 Å². The van der Waals surface area contributed by atoms with Crippen molar-refractivity contribution in [1.29, 1.82) is 0 Å². The van der Waals surface area contributed by atoms with Crippen LogP contribution in [0.3, 0.4) is 0 Å².